The Balaban J connectivity index is 3.91. The van der Waals surface area contributed by atoms with Crippen molar-refractivity contribution in [1.29, 1.82) is 0 Å². The number of carbonyl (C=O) groups is 3. The van der Waals surface area contributed by atoms with Crippen molar-refractivity contribution in [2.45, 2.75) is 257 Å². The molecule has 9 nitrogen and oxygen atoms in total. The van der Waals surface area contributed by atoms with Gasteiger partial charge in [-0.3, -0.25) is 9.59 Å². The van der Waals surface area contributed by atoms with Crippen LogP contribution in [0, 0.1) is 0 Å². The molecule has 0 aromatic carbocycles. The van der Waals surface area contributed by atoms with E-state index in [1.54, 1.807) is 0 Å². The zero-order chi connectivity index (χ0) is 49.2. The van der Waals surface area contributed by atoms with E-state index in [0.717, 1.165) is 64.2 Å². The van der Waals surface area contributed by atoms with E-state index in [1.165, 1.54) is 154 Å². The maximum absolute atomic E-state index is 12.8. The number of aliphatic carboxylic acids is 1. The fourth-order valence-corrected chi connectivity index (χ4v) is 7.83. The molecule has 0 aliphatic rings. The number of quaternary nitrogens is 1. The smallest absolute Gasteiger partial charge is 0.361 e. The molecule has 2 unspecified atom stereocenters. The van der Waals surface area contributed by atoms with Gasteiger partial charge in [-0.2, -0.15) is 0 Å². The number of nitrogens with zero attached hydrogens (tertiary/aromatic N) is 1. The first-order valence-electron chi connectivity index (χ1n) is 27.8. The third kappa shape index (κ3) is 50.9. The molecule has 0 aliphatic heterocycles. The Labute approximate surface area is 412 Å². The number of esters is 2. The molecule has 0 aromatic heterocycles. The number of carboxylic acids is 1. The molecule has 390 valence electrons. The van der Waals surface area contributed by atoms with Gasteiger partial charge in [-0.15, -0.1) is 0 Å². The zero-order valence-corrected chi connectivity index (χ0v) is 44.3. The minimum absolute atomic E-state index is 0.178. The first kappa shape index (κ1) is 64.2. The molecule has 0 spiro atoms. The minimum Gasteiger partial charge on any atom is -0.477 e. The monoisotopic (exact) mass is 945 g/mol. The summed E-state index contributed by atoms with van der Waals surface area (Å²) in [6.07, 6.45) is 58.1. The van der Waals surface area contributed by atoms with Crippen molar-refractivity contribution in [2.75, 3.05) is 47.5 Å². The van der Waals surface area contributed by atoms with Gasteiger partial charge in [0.25, 0.3) is 6.29 Å². The number of unbranched alkanes of at least 4 members (excludes halogenated alkanes) is 28. The number of ether oxygens (including phenoxy) is 4. The molecule has 67 heavy (non-hydrogen) atoms. The van der Waals surface area contributed by atoms with Crippen LogP contribution in [0.15, 0.2) is 48.6 Å². The van der Waals surface area contributed by atoms with E-state index in [9.17, 15) is 19.5 Å². The van der Waals surface area contributed by atoms with Crippen molar-refractivity contribution in [3.8, 4) is 0 Å². The Morgan fingerprint density at radius 2 is 0.851 bits per heavy atom. The molecule has 0 radical (unpaired) electrons. The largest absolute Gasteiger partial charge is 0.477 e. The van der Waals surface area contributed by atoms with E-state index >= 15 is 0 Å². The van der Waals surface area contributed by atoms with Crippen molar-refractivity contribution in [1.82, 2.24) is 0 Å². The van der Waals surface area contributed by atoms with E-state index < -0.39 is 24.3 Å². The molecule has 0 fully saturated rings. The van der Waals surface area contributed by atoms with Gasteiger partial charge in [-0.25, -0.2) is 4.79 Å². The molecule has 0 heterocycles. The third-order valence-corrected chi connectivity index (χ3v) is 12.1. The maximum Gasteiger partial charge on any atom is 0.361 e. The number of likely N-dealkylation sites (N-methyl/N-ethyl adjacent to an activating group) is 1. The topological polar surface area (TPSA) is 108 Å². The van der Waals surface area contributed by atoms with Crippen molar-refractivity contribution < 1.29 is 42.9 Å². The predicted octanol–water partition coefficient (Wildman–Crippen LogP) is 15.9. The van der Waals surface area contributed by atoms with Crippen molar-refractivity contribution >= 4 is 17.9 Å². The summed E-state index contributed by atoms with van der Waals surface area (Å²) in [5, 5.41) is 9.63. The van der Waals surface area contributed by atoms with Crippen LogP contribution in [0.4, 0.5) is 0 Å². The van der Waals surface area contributed by atoms with Gasteiger partial charge in [0.05, 0.1) is 34.4 Å². The van der Waals surface area contributed by atoms with Gasteiger partial charge in [0.2, 0.25) is 0 Å². The van der Waals surface area contributed by atoms with Crippen LogP contribution in [0.25, 0.3) is 0 Å². The molecule has 0 rings (SSSR count). The molecule has 0 saturated carbocycles. The van der Waals surface area contributed by atoms with Crippen LogP contribution in [0.1, 0.15) is 245 Å². The van der Waals surface area contributed by atoms with Crippen LogP contribution in [0.2, 0.25) is 0 Å². The maximum atomic E-state index is 12.8. The molecule has 0 aromatic rings. The predicted molar refractivity (Wildman–Crippen MR) is 281 cm³/mol. The lowest BCUT2D eigenvalue weighted by Gasteiger charge is -2.25. The third-order valence-electron chi connectivity index (χ3n) is 12.1. The summed E-state index contributed by atoms with van der Waals surface area (Å²) in [6.45, 7) is 4.73. The summed E-state index contributed by atoms with van der Waals surface area (Å²) < 4.78 is 22.7. The molecular formula is C58H106NO8+. The van der Waals surface area contributed by atoms with Gasteiger partial charge in [0, 0.05) is 12.8 Å². The van der Waals surface area contributed by atoms with E-state index in [2.05, 4.69) is 62.5 Å². The van der Waals surface area contributed by atoms with Crippen LogP contribution in [-0.2, 0) is 33.3 Å². The van der Waals surface area contributed by atoms with Crippen LogP contribution < -0.4 is 0 Å². The highest BCUT2D eigenvalue weighted by Gasteiger charge is 2.25. The summed E-state index contributed by atoms with van der Waals surface area (Å²) in [6, 6.07) is 0. The number of hydrogen-bond donors (Lipinski definition) is 1. The van der Waals surface area contributed by atoms with Crippen molar-refractivity contribution in [2.24, 2.45) is 0 Å². The van der Waals surface area contributed by atoms with E-state index in [-0.39, 0.29) is 32.2 Å². The number of carbonyl (C=O) groups excluding carboxylic acids is 2. The molecule has 1 N–H and O–H groups in total. The van der Waals surface area contributed by atoms with Crippen molar-refractivity contribution in [3.05, 3.63) is 48.6 Å². The summed E-state index contributed by atoms with van der Waals surface area (Å²) in [5.41, 5.74) is 0. The Morgan fingerprint density at radius 3 is 1.27 bits per heavy atom. The van der Waals surface area contributed by atoms with Crippen LogP contribution in [0.5, 0.6) is 0 Å². The average molecular weight is 945 g/mol. The second-order valence-corrected chi connectivity index (χ2v) is 19.9. The van der Waals surface area contributed by atoms with E-state index in [4.69, 9.17) is 18.9 Å². The van der Waals surface area contributed by atoms with Crippen molar-refractivity contribution in [3.63, 3.8) is 0 Å². The van der Waals surface area contributed by atoms with Crippen LogP contribution in [0.3, 0.4) is 0 Å². The Hall–Kier alpha value is -2.75. The van der Waals surface area contributed by atoms with Gasteiger partial charge in [0.1, 0.15) is 13.2 Å². The average Bonchev–Trinajstić information content (AvgIpc) is 3.29. The first-order valence-corrected chi connectivity index (χ1v) is 27.8. The molecule has 0 saturated heterocycles. The molecule has 0 amide bonds. The molecule has 9 heteroatoms. The lowest BCUT2D eigenvalue weighted by atomic mass is 10.0. The van der Waals surface area contributed by atoms with Gasteiger partial charge >= 0.3 is 17.9 Å². The summed E-state index contributed by atoms with van der Waals surface area (Å²) in [5.74, 6) is -2.00. The van der Waals surface area contributed by atoms with Gasteiger partial charge in [-0.05, 0) is 51.4 Å². The normalized spacial score (nSPS) is 13.1. The number of hydrogen-bond acceptors (Lipinski definition) is 7. The molecule has 2 atom stereocenters. The summed E-state index contributed by atoms with van der Waals surface area (Å²) in [7, 11) is 5.96. The fraction of sp³-hybridized carbons (Fsp3) is 0.810. The minimum atomic E-state index is -1.50. The molecule has 0 aliphatic carbocycles. The zero-order valence-electron chi connectivity index (χ0n) is 44.3. The lowest BCUT2D eigenvalue weighted by Crippen LogP contribution is -2.40. The Morgan fingerprint density at radius 1 is 0.463 bits per heavy atom. The van der Waals surface area contributed by atoms with Crippen LogP contribution in [-0.4, -0.2) is 87.4 Å². The Bertz CT molecular complexity index is 1240. The lowest BCUT2D eigenvalue weighted by molar-refractivity contribution is -0.870. The first-order chi connectivity index (χ1) is 32.6. The standard InChI is InChI=1S/C58H105NO8/c1-6-8-10-12-14-15-16-17-18-19-20-21-22-23-24-25-26-27-28-29-30-31-32-33-34-35-36-37-38-39-40-41-43-45-47-49-56(61)67-54(52-65-55(60)48-46-44-42-13-11-9-7-2)53-66-58(57(62)63)64-51-50-59(3,4)5/h8,10,14-15,17-18,20-21,54,58H,6-7,9,11-13,16,19,22-53H2,1-5H3/p+1/b10-8-,15-14-,18-17-,21-20-. The van der Waals surface area contributed by atoms with Gasteiger partial charge in [0.15, 0.2) is 6.10 Å². The highest BCUT2D eigenvalue weighted by molar-refractivity contribution is 5.71. The summed E-state index contributed by atoms with van der Waals surface area (Å²) in [4.78, 5) is 37.0. The highest BCUT2D eigenvalue weighted by Crippen LogP contribution is 2.17. The summed E-state index contributed by atoms with van der Waals surface area (Å²) >= 11 is 0. The van der Waals surface area contributed by atoms with Gasteiger partial charge < -0.3 is 28.5 Å². The second-order valence-electron chi connectivity index (χ2n) is 19.9. The number of allylic oxidation sites excluding steroid dienone is 8. The quantitative estimate of drug-likeness (QED) is 0.0211. The number of rotatable bonds is 51. The van der Waals surface area contributed by atoms with Crippen LogP contribution >= 0.6 is 0 Å². The fourth-order valence-electron chi connectivity index (χ4n) is 7.83. The SMILES string of the molecule is CC/C=C\C/C=C\C/C=C\C/C=C\CCCCCCCCCCCCCCCCCCCCCCCCC(=O)OC(COC(=O)CCCCCCCCC)COC(OCC[N+](C)(C)C)C(=O)O. The Kier molecular flexibility index (Phi) is 47.6. The second kappa shape index (κ2) is 49.7. The molecule has 0 bridgehead atoms. The highest BCUT2D eigenvalue weighted by atomic mass is 16.7. The number of carboxylic acid groups (broad SMARTS) is 1. The van der Waals surface area contributed by atoms with E-state index in [0.29, 0.717) is 17.4 Å². The van der Waals surface area contributed by atoms with Gasteiger partial charge in [-0.1, -0.05) is 229 Å². The van der Waals surface area contributed by atoms with E-state index in [1.807, 2.05) is 21.1 Å². The molecular weight excluding hydrogens is 839 g/mol.